The summed E-state index contributed by atoms with van der Waals surface area (Å²) in [6.07, 6.45) is 4.97. The van der Waals surface area contributed by atoms with E-state index in [-0.39, 0.29) is 18.4 Å². The van der Waals surface area contributed by atoms with Gasteiger partial charge in [-0.05, 0) is 50.2 Å². The average molecular weight is 377 g/mol. The predicted octanol–water partition coefficient (Wildman–Crippen LogP) is 3.17. The Balaban J connectivity index is 1.82. The van der Waals surface area contributed by atoms with E-state index in [0.29, 0.717) is 24.3 Å². The molecule has 0 fully saturated rings. The number of aliphatic hydroxyl groups excluding tert-OH is 1. The SMILES string of the molecule is CCCC(CCO)CNC(=O)c1nn(-c2ccc(F)c(F)c2)c2c1CCC2. The quantitative estimate of drug-likeness (QED) is 0.743. The van der Waals surface area contributed by atoms with Crippen LogP contribution in [0.5, 0.6) is 0 Å². The van der Waals surface area contributed by atoms with Crippen LogP contribution in [-0.4, -0.2) is 33.9 Å². The molecular weight excluding hydrogens is 352 g/mol. The third-order valence-electron chi connectivity index (χ3n) is 5.08. The number of carbonyl (C=O) groups is 1. The van der Waals surface area contributed by atoms with Crippen molar-refractivity contribution in [2.75, 3.05) is 13.2 Å². The molecule has 1 heterocycles. The molecule has 2 N–H and O–H groups in total. The molecule has 1 aromatic heterocycles. The van der Waals surface area contributed by atoms with E-state index in [1.54, 1.807) is 4.68 Å². The molecule has 1 aliphatic rings. The van der Waals surface area contributed by atoms with Crippen molar-refractivity contribution in [2.45, 2.75) is 45.4 Å². The Bertz CT molecular complexity index is 814. The Hall–Kier alpha value is -2.28. The average Bonchev–Trinajstić information content (AvgIpc) is 3.25. The second-order valence-electron chi connectivity index (χ2n) is 7.01. The lowest BCUT2D eigenvalue weighted by atomic mass is 10.00. The van der Waals surface area contributed by atoms with Crippen LogP contribution in [0.25, 0.3) is 5.69 Å². The first-order valence-corrected chi connectivity index (χ1v) is 9.50. The van der Waals surface area contributed by atoms with Gasteiger partial charge in [0.2, 0.25) is 0 Å². The molecule has 1 atom stereocenters. The minimum Gasteiger partial charge on any atom is -0.396 e. The number of carbonyl (C=O) groups excluding carboxylic acids is 1. The third kappa shape index (κ3) is 4.18. The molecule has 5 nitrogen and oxygen atoms in total. The van der Waals surface area contributed by atoms with Gasteiger partial charge in [0.05, 0.1) is 5.69 Å². The Labute approximate surface area is 157 Å². The van der Waals surface area contributed by atoms with Crippen molar-refractivity contribution in [1.29, 1.82) is 0 Å². The topological polar surface area (TPSA) is 67.2 Å². The lowest BCUT2D eigenvalue weighted by molar-refractivity contribution is 0.0936. The zero-order valence-corrected chi connectivity index (χ0v) is 15.5. The van der Waals surface area contributed by atoms with Crippen molar-refractivity contribution in [3.05, 3.63) is 46.8 Å². The van der Waals surface area contributed by atoms with Crippen LogP contribution >= 0.6 is 0 Å². The summed E-state index contributed by atoms with van der Waals surface area (Å²) in [5, 5.41) is 16.5. The highest BCUT2D eigenvalue weighted by Crippen LogP contribution is 2.28. The van der Waals surface area contributed by atoms with E-state index in [9.17, 15) is 13.6 Å². The highest BCUT2D eigenvalue weighted by Gasteiger charge is 2.27. The summed E-state index contributed by atoms with van der Waals surface area (Å²) < 4.78 is 28.4. The second kappa shape index (κ2) is 8.61. The molecule has 0 saturated heterocycles. The highest BCUT2D eigenvalue weighted by atomic mass is 19.2. The molecule has 1 aliphatic carbocycles. The molecule has 0 saturated carbocycles. The molecule has 0 bridgehead atoms. The normalized spacial score (nSPS) is 14.2. The van der Waals surface area contributed by atoms with Gasteiger partial charge < -0.3 is 10.4 Å². The number of rotatable bonds is 8. The number of hydrogen-bond acceptors (Lipinski definition) is 3. The maximum Gasteiger partial charge on any atom is 0.272 e. The van der Waals surface area contributed by atoms with Gasteiger partial charge in [0, 0.05) is 30.5 Å². The third-order valence-corrected chi connectivity index (χ3v) is 5.08. The largest absolute Gasteiger partial charge is 0.396 e. The standard InChI is InChI=1S/C20H25F2N3O2/c1-2-4-13(9-10-26)12-23-20(27)19-15-5-3-6-18(15)25(24-19)14-7-8-16(21)17(22)11-14/h7-8,11,13,26H,2-6,9-10,12H2,1H3,(H,23,27). The number of aliphatic hydroxyl groups is 1. The van der Waals surface area contributed by atoms with Crippen LogP contribution in [0, 0.1) is 17.6 Å². The summed E-state index contributed by atoms with van der Waals surface area (Å²) in [4.78, 5) is 12.7. The van der Waals surface area contributed by atoms with Crippen LogP contribution in [0.2, 0.25) is 0 Å². The first-order valence-electron chi connectivity index (χ1n) is 9.50. The Morgan fingerprint density at radius 2 is 2.11 bits per heavy atom. The molecular formula is C20H25F2N3O2. The van der Waals surface area contributed by atoms with E-state index >= 15 is 0 Å². The van der Waals surface area contributed by atoms with Gasteiger partial charge >= 0.3 is 0 Å². The number of fused-ring (bicyclic) bond motifs is 1. The lowest BCUT2D eigenvalue weighted by Gasteiger charge is -2.15. The zero-order chi connectivity index (χ0) is 19.4. The molecule has 27 heavy (non-hydrogen) atoms. The fourth-order valence-corrected chi connectivity index (χ4v) is 3.71. The van der Waals surface area contributed by atoms with E-state index in [0.717, 1.165) is 55.5 Å². The number of hydrogen-bond donors (Lipinski definition) is 2. The van der Waals surface area contributed by atoms with Crippen molar-refractivity contribution in [3.8, 4) is 5.69 Å². The van der Waals surface area contributed by atoms with Gasteiger partial charge in [0.25, 0.3) is 5.91 Å². The first-order chi connectivity index (χ1) is 13.0. The number of halogens is 2. The Kier molecular flexibility index (Phi) is 6.21. The van der Waals surface area contributed by atoms with Gasteiger partial charge in [0.1, 0.15) is 0 Å². The Morgan fingerprint density at radius 3 is 2.81 bits per heavy atom. The van der Waals surface area contributed by atoms with Crippen LogP contribution in [0.4, 0.5) is 8.78 Å². The summed E-state index contributed by atoms with van der Waals surface area (Å²) in [6, 6.07) is 3.63. The van der Waals surface area contributed by atoms with Crippen LogP contribution in [0.15, 0.2) is 18.2 Å². The zero-order valence-electron chi connectivity index (χ0n) is 15.5. The van der Waals surface area contributed by atoms with E-state index in [4.69, 9.17) is 5.11 Å². The smallest absolute Gasteiger partial charge is 0.272 e. The van der Waals surface area contributed by atoms with Crippen LogP contribution in [0.1, 0.15) is 54.4 Å². The van der Waals surface area contributed by atoms with Crippen LogP contribution in [0.3, 0.4) is 0 Å². The molecule has 146 valence electrons. The summed E-state index contributed by atoms with van der Waals surface area (Å²) in [5.74, 6) is -1.88. The molecule has 1 unspecified atom stereocenters. The highest BCUT2D eigenvalue weighted by molar-refractivity contribution is 5.94. The number of nitrogens with one attached hydrogen (secondary N) is 1. The van der Waals surface area contributed by atoms with Gasteiger partial charge in [-0.3, -0.25) is 4.79 Å². The van der Waals surface area contributed by atoms with Gasteiger partial charge in [-0.2, -0.15) is 5.10 Å². The molecule has 0 radical (unpaired) electrons. The molecule has 1 amide bonds. The van der Waals surface area contributed by atoms with Crippen molar-refractivity contribution < 1.29 is 18.7 Å². The fraction of sp³-hybridized carbons (Fsp3) is 0.500. The van der Waals surface area contributed by atoms with E-state index in [1.165, 1.54) is 6.07 Å². The fourth-order valence-electron chi connectivity index (χ4n) is 3.71. The summed E-state index contributed by atoms with van der Waals surface area (Å²) in [5.41, 5.74) is 2.53. The number of amides is 1. The van der Waals surface area contributed by atoms with Gasteiger partial charge in [-0.25, -0.2) is 13.5 Å². The van der Waals surface area contributed by atoms with Gasteiger partial charge in [-0.1, -0.05) is 13.3 Å². The first kappa shape index (κ1) is 19.5. The molecule has 3 rings (SSSR count). The molecule has 7 heteroatoms. The molecule has 2 aromatic rings. The monoisotopic (exact) mass is 377 g/mol. The van der Waals surface area contributed by atoms with Crippen LogP contribution < -0.4 is 5.32 Å². The molecule has 0 aliphatic heterocycles. The van der Waals surface area contributed by atoms with E-state index in [1.807, 2.05) is 0 Å². The summed E-state index contributed by atoms with van der Waals surface area (Å²) in [7, 11) is 0. The second-order valence-corrected chi connectivity index (χ2v) is 7.01. The van der Waals surface area contributed by atoms with Gasteiger partial charge in [-0.15, -0.1) is 0 Å². The molecule has 1 aromatic carbocycles. The summed E-state index contributed by atoms with van der Waals surface area (Å²) >= 11 is 0. The van der Waals surface area contributed by atoms with Crippen LogP contribution in [-0.2, 0) is 12.8 Å². The van der Waals surface area contributed by atoms with Crippen molar-refractivity contribution in [3.63, 3.8) is 0 Å². The molecule has 0 spiro atoms. The lowest BCUT2D eigenvalue weighted by Crippen LogP contribution is -2.30. The Morgan fingerprint density at radius 1 is 1.30 bits per heavy atom. The van der Waals surface area contributed by atoms with Crippen molar-refractivity contribution >= 4 is 5.91 Å². The van der Waals surface area contributed by atoms with E-state index < -0.39 is 11.6 Å². The van der Waals surface area contributed by atoms with Crippen molar-refractivity contribution in [1.82, 2.24) is 15.1 Å². The maximum absolute atomic E-state index is 13.6. The van der Waals surface area contributed by atoms with Crippen molar-refractivity contribution in [2.24, 2.45) is 5.92 Å². The minimum atomic E-state index is -0.938. The number of nitrogens with zero attached hydrogens (tertiary/aromatic N) is 2. The maximum atomic E-state index is 13.6. The van der Waals surface area contributed by atoms with E-state index in [2.05, 4.69) is 17.3 Å². The number of benzene rings is 1. The van der Waals surface area contributed by atoms with Gasteiger partial charge in [0.15, 0.2) is 17.3 Å². The predicted molar refractivity (Wildman–Crippen MR) is 97.9 cm³/mol. The number of aromatic nitrogens is 2. The summed E-state index contributed by atoms with van der Waals surface area (Å²) in [6.45, 7) is 2.66. The minimum absolute atomic E-state index is 0.0979.